The summed E-state index contributed by atoms with van der Waals surface area (Å²) in [5.41, 5.74) is -1.84. The van der Waals surface area contributed by atoms with Crippen LogP contribution in [0.4, 0.5) is 0 Å². The van der Waals surface area contributed by atoms with Crippen LogP contribution in [-0.4, -0.2) is 140 Å². The van der Waals surface area contributed by atoms with Crippen LogP contribution >= 0.6 is 0 Å². The number of Topliss-reactive ketones (excluding diaryl/α,β-unsaturated/α-hetero) is 1. The molecule has 17 nitrogen and oxygen atoms in total. The molecule has 3 fully saturated rings. The maximum atomic E-state index is 14.5. The second kappa shape index (κ2) is 19.8. The molecule has 3 aliphatic heterocycles. The van der Waals surface area contributed by atoms with E-state index in [0.717, 1.165) is 5.56 Å². The number of rotatable bonds is 8. The number of aliphatic hydroxyl groups excluding tert-OH is 1. The summed E-state index contributed by atoms with van der Waals surface area (Å²) in [6.07, 6.45) is -0.0360. The maximum absolute atomic E-state index is 14.5. The Morgan fingerprint density at radius 1 is 1.10 bits per heavy atom. The Morgan fingerprint density at radius 3 is 2.45 bits per heavy atom. The van der Waals surface area contributed by atoms with Crippen molar-refractivity contribution in [3.8, 4) is 5.82 Å². The standard InChI is InChI=1S/C43H64N6O11/c1-12-33-43(9,54)39-26(4)35(46-29(7)50)24(2)19-42(8,56-23-31(22-55-39)47-57-21-30-14-15-34(44-20-30)49-17-13-16-45-49)38(27(5)36(51)28(6)40(53)59-33)60-41-37(52)32(48(10)11)18-25(3)58-41/h13-17,20,24-28,32-33,37-39,41,52,54H,12,18-19,21-23H2,1-11H3/b46-35?,47-31+/t24-,25-,26+,27+,28-,32+,33-,37-,38-,39-,41?,42-,43+/m1/s1. The zero-order valence-corrected chi connectivity index (χ0v) is 36.8. The number of oxime groups is 1. The summed E-state index contributed by atoms with van der Waals surface area (Å²) < 4.78 is 34.1. The van der Waals surface area contributed by atoms with E-state index in [0.29, 0.717) is 18.0 Å². The number of aromatic nitrogens is 3. The minimum Gasteiger partial charge on any atom is -0.459 e. The van der Waals surface area contributed by atoms with E-state index in [2.05, 4.69) is 20.2 Å². The molecule has 0 aromatic carbocycles. The molecular formula is C43H64N6O11. The van der Waals surface area contributed by atoms with Gasteiger partial charge < -0.3 is 43.6 Å². The number of pyridine rings is 1. The van der Waals surface area contributed by atoms with Gasteiger partial charge in [-0.05, 0) is 79.1 Å². The molecule has 17 heteroatoms. The molecule has 332 valence electrons. The molecule has 2 N–H and O–H groups in total. The number of hydrogen-bond donors (Lipinski definition) is 2. The second-order valence-electron chi connectivity index (χ2n) is 17.3. The summed E-state index contributed by atoms with van der Waals surface area (Å²) in [7, 11) is 3.73. The van der Waals surface area contributed by atoms with Crippen molar-refractivity contribution in [2.75, 3.05) is 27.3 Å². The maximum Gasteiger partial charge on any atom is 0.316 e. The van der Waals surface area contributed by atoms with Gasteiger partial charge in [0.2, 0.25) is 5.91 Å². The fourth-order valence-electron chi connectivity index (χ4n) is 8.85. The van der Waals surface area contributed by atoms with E-state index in [1.807, 2.05) is 38.9 Å². The molecule has 2 aromatic rings. The van der Waals surface area contributed by atoms with Crippen LogP contribution in [0.5, 0.6) is 0 Å². The third kappa shape index (κ3) is 10.7. The molecule has 0 aliphatic carbocycles. The van der Waals surface area contributed by atoms with Gasteiger partial charge in [0.15, 0.2) is 17.9 Å². The molecule has 60 heavy (non-hydrogen) atoms. The monoisotopic (exact) mass is 840 g/mol. The summed E-state index contributed by atoms with van der Waals surface area (Å²) in [5, 5.41) is 32.8. The molecule has 0 spiro atoms. The summed E-state index contributed by atoms with van der Waals surface area (Å²) >= 11 is 0. The van der Waals surface area contributed by atoms with E-state index < -0.39 is 83.2 Å². The van der Waals surface area contributed by atoms with Crippen molar-refractivity contribution < 1.29 is 53.1 Å². The molecule has 5 rings (SSSR count). The molecule has 1 unspecified atom stereocenters. The van der Waals surface area contributed by atoms with Gasteiger partial charge in [-0.3, -0.25) is 14.4 Å². The van der Waals surface area contributed by atoms with Gasteiger partial charge in [-0.15, -0.1) is 0 Å². The number of esters is 1. The van der Waals surface area contributed by atoms with Crippen LogP contribution in [0.3, 0.4) is 0 Å². The number of aliphatic imine (C=N–C) groups is 1. The predicted molar refractivity (Wildman–Crippen MR) is 220 cm³/mol. The van der Waals surface area contributed by atoms with E-state index in [9.17, 15) is 24.6 Å². The number of carbonyl (C=O) groups is 3. The van der Waals surface area contributed by atoms with Crippen molar-refractivity contribution in [3.63, 3.8) is 0 Å². The molecule has 3 aliphatic rings. The van der Waals surface area contributed by atoms with Gasteiger partial charge in [0.05, 0.1) is 37.1 Å². The molecule has 1 amide bonds. The Labute approximate surface area is 352 Å². The SMILES string of the molecule is CC[C@H]1OC(=O)[C@H](C)C(=O)[C@H](C)[C@@H](OC2O[C@H](C)C[C@H](N(C)C)[C@H]2O)[C@@]2(C)C[C@@H](C)C(=NC(C)=O)[C@H](C)[C@@H](OC/C(=N\OCc3ccc(-n4cccn4)nc3)CO2)[C@@]1(C)O. The molecule has 0 saturated carbocycles. The second-order valence-corrected chi connectivity index (χ2v) is 17.3. The minimum absolute atomic E-state index is 0.0440. The Bertz CT molecular complexity index is 1840. The highest BCUT2D eigenvalue weighted by Gasteiger charge is 2.53. The van der Waals surface area contributed by atoms with Crippen molar-refractivity contribution >= 4 is 29.1 Å². The fraction of sp³-hybridized carbons (Fsp3) is 0.698. The van der Waals surface area contributed by atoms with Crippen LogP contribution in [0, 0.1) is 23.7 Å². The number of nitrogens with zero attached hydrogens (tertiary/aromatic N) is 6. The average molecular weight is 841 g/mol. The average Bonchev–Trinajstić information content (AvgIpc) is 3.74. The lowest BCUT2D eigenvalue weighted by Crippen LogP contribution is -2.60. The number of cyclic esters (lactones) is 1. The number of aliphatic hydroxyl groups is 2. The largest absolute Gasteiger partial charge is 0.459 e. The minimum atomic E-state index is -1.86. The van der Waals surface area contributed by atoms with E-state index >= 15 is 0 Å². The van der Waals surface area contributed by atoms with Gasteiger partial charge in [0, 0.05) is 54.7 Å². The van der Waals surface area contributed by atoms with E-state index in [1.54, 1.807) is 63.1 Å². The first-order valence-electron chi connectivity index (χ1n) is 20.9. The first kappa shape index (κ1) is 47.1. The fourth-order valence-corrected chi connectivity index (χ4v) is 8.85. The zero-order valence-electron chi connectivity index (χ0n) is 36.8. The van der Waals surface area contributed by atoms with Crippen molar-refractivity contribution in [2.45, 2.75) is 142 Å². The van der Waals surface area contributed by atoms with Crippen LogP contribution in [0.25, 0.3) is 5.82 Å². The molecule has 2 bridgehead atoms. The number of ketones is 1. The number of carbonyl (C=O) groups excluding carboxylic acids is 3. The van der Waals surface area contributed by atoms with Crippen LogP contribution in [0.15, 0.2) is 46.9 Å². The number of likely N-dealkylation sites (N-methyl/N-ethyl adjacent to an activating group) is 1. The topological polar surface area (TPSA) is 206 Å². The third-order valence-corrected chi connectivity index (χ3v) is 12.1. The van der Waals surface area contributed by atoms with Crippen LogP contribution in [0.1, 0.15) is 87.1 Å². The highest BCUT2D eigenvalue weighted by atomic mass is 16.7. The third-order valence-electron chi connectivity index (χ3n) is 12.1. The number of ether oxygens (including phenoxy) is 5. The van der Waals surface area contributed by atoms with Crippen molar-refractivity contribution in [3.05, 3.63) is 42.4 Å². The summed E-state index contributed by atoms with van der Waals surface area (Å²) in [6, 6.07) is 5.13. The van der Waals surface area contributed by atoms with Crippen molar-refractivity contribution in [1.29, 1.82) is 0 Å². The zero-order chi connectivity index (χ0) is 44.1. The van der Waals surface area contributed by atoms with E-state index in [4.69, 9.17) is 28.5 Å². The van der Waals surface area contributed by atoms with Crippen LogP contribution < -0.4 is 0 Å². The molecule has 3 saturated heterocycles. The predicted octanol–water partition coefficient (Wildman–Crippen LogP) is 3.70. The number of amides is 1. The van der Waals surface area contributed by atoms with Gasteiger partial charge in [-0.25, -0.2) is 14.7 Å². The Morgan fingerprint density at radius 2 is 1.83 bits per heavy atom. The molecule has 2 aromatic heterocycles. The Balaban J connectivity index is 1.63. The highest BCUT2D eigenvalue weighted by Crippen LogP contribution is 2.40. The van der Waals surface area contributed by atoms with Gasteiger partial charge in [0.25, 0.3) is 0 Å². The lowest BCUT2D eigenvalue weighted by atomic mass is 9.73. The summed E-state index contributed by atoms with van der Waals surface area (Å²) in [4.78, 5) is 58.0. The van der Waals surface area contributed by atoms with Gasteiger partial charge in [0.1, 0.15) is 36.0 Å². The quantitative estimate of drug-likeness (QED) is 0.221. The van der Waals surface area contributed by atoms with Crippen molar-refractivity contribution in [2.24, 2.45) is 33.8 Å². The van der Waals surface area contributed by atoms with E-state index in [-0.39, 0.29) is 50.5 Å². The molecule has 5 heterocycles. The summed E-state index contributed by atoms with van der Waals surface area (Å²) in [5.74, 6) is -4.71. The normalized spacial score (nSPS) is 37.6. The lowest BCUT2D eigenvalue weighted by molar-refractivity contribution is -0.296. The Hall–Kier alpha value is -3.97. The van der Waals surface area contributed by atoms with Crippen LogP contribution in [0.2, 0.25) is 0 Å². The van der Waals surface area contributed by atoms with Crippen LogP contribution in [-0.2, 0) is 49.5 Å². The number of hydrogen-bond acceptors (Lipinski definition) is 15. The number of fused-ring (bicyclic) bond motifs is 5. The van der Waals surface area contributed by atoms with Gasteiger partial charge >= 0.3 is 5.97 Å². The molecular weight excluding hydrogens is 777 g/mol. The van der Waals surface area contributed by atoms with Gasteiger partial charge in [-0.1, -0.05) is 38.9 Å². The molecule has 0 radical (unpaired) electrons. The smallest absolute Gasteiger partial charge is 0.316 e. The van der Waals surface area contributed by atoms with E-state index in [1.165, 1.54) is 20.8 Å². The van der Waals surface area contributed by atoms with Gasteiger partial charge in [-0.2, -0.15) is 5.10 Å². The Kier molecular flexibility index (Phi) is 15.6. The highest BCUT2D eigenvalue weighted by molar-refractivity contribution is 6.00. The molecule has 13 atom stereocenters. The first-order valence-corrected chi connectivity index (χ1v) is 20.9. The summed E-state index contributed by atoms with van der Waals surface area (Å²) in [6.45, 7) is 14.7. The first-order chi connectivity index (χ1) is 28.3. The van der Waals surface area contributed by atoms with Crippen molar-refractivity contribution in [1.82, 2.24) is 19.7 Å². The lowest BCUT2D eigenvalue weighted by Gasteiger charge is -2.47.